The normalized spacial score (nSPS) is 15.1. The second kappa shape index (κ2) is 9.30. The summed E-state index contributed by atoms with van der Waals surface area (Å²) in [6.45, 7) is 5.45. The molecular formula is C22H24N6O2. The number of nitrogens with zero attached hydrogens (tertiary/aromatic N) is 6. The summed E-state index contributed by atoms with van der Waals surface area (Å²) in [6, 6.07) is 11.7. The van der Waals surface area contributed by atoms with Gasteiger partial charge in [0.2, 0.25) is 11.8 Å². The number of benzene rings is 1. The van der Waals surface area contributed by atoms with Crippen LogP contribution in [0.5, 0.6) is 11.8 Å². The molecule has 0 atom stereocenters. The van der Waals surface area contributed by atoms with Gasteiger partial charge in [0, 0.05) is 38.3 Å². The van der Waals surface area contributed by atoms with E-state index in [1.807, 2.05) is 50.2 Å². The average molecular weight is 404 g/mol. The second-order valence-corrected chi connectivity index (χ2v) is 7.10. The van der Waals surface area contributed by atoms with Crippen LogP contribution in [0.3, 0.4) is 0 Å². The van der Waals surface area contributed by atoms with Gasteiger partial charge in [-0.2, -0.15) is 4.98 Å². The highest BCUT2D eigenvalue weighted by Gasteiger charge is 2.23. The van der Waals surface area contributed by atoms with E-state index in [0.29, 0.717) is 11.8 Å². The molecule has 3 heterocycles. The average Bonchev–Trinajstić information content (AvgIpc) is 2.81. The molecular weight excluding hydrogens is 380 g/mol. The van der Waals surface area contributed by atoms with Gasteiger partial charge in [0.25, 0.3) is 5.88 Å². The number of piperidine rings is 1. The molecule has 1 saturated heterocycles. The third-order valence-corrected chi connectivity index (χ3v) is 5.01. The first-order valence-corrected chi connectivity index (χ1v) is 9.98. The largest absolute Gasteiger partial charge is 0.474 e. The number of oxime groups is 1. The van der Waals surface area contributed by atoms with Crippen molar-refractivity contribution in [3.63, 3.8) is 0 Å². The monoisotopic (exact) mass is 404 g/mol. The summed E-state index contributed by atoms with van der Waals surface area (Å²) in [7, 11) is 0. The summed E-state index contributed by atoms with van der Waals surface area (Å²) in [4.78, 5) is 24.9. The van der Waals surface area contributed by atoms with Crippen LogP contribution in [0.2, 0.25) is 0 Å². The van der Waals surface area contributed by atoms with E-state index < -0.39 is 0 Å². The van der Waals surface area contributed by atoms with Gasteiger partial charge in [-0.15, -0.1) is 0 Å². The first-order chi connectivity index (χ1) is 14.7. The summed E-state index contributed by atoms with van der Waals surface area (Å²) < 4.78 is 6.16. The molecule has 0 unspecified atom stereocenters. The van der Waals surface area contributed by atoms with Gasteiger partial charge >= 0.3 is 0 Å². The number of anilines is 1. The molecule has 8 nitrogen and oxygen atoms in total. The number of ether oxygens (including phenoxy) is 1. The summed E-state index contributed by atoms with van der Waals surface area (Å²) in [5, 5.41) is 4.21. The van der Waals surface area contributed by atoms with Crippen molar-refractivity contribution in [2.45, 2.75) is 32.8 Å². The van der Waals surface area contributed by atoms with E-state index in [1.165, 1.54) is 6.33 Å². The van der Waals surface area contributed by atoms with Crippen LogP contribution in [0.1, 0.15) is 30.9 Å². The molecule has 0 spiro atoms. The highest BCUT2D eigenvalue weighted by atomic mass is 16.6. The van der Waals surface area contributed by atoms with E-state index in [-0.39, 0.29) is 6.10 Å². The quantitative estimate of drug-likeness (QED) is 0.460. The molecule has 4 rings (SSSR count). The number of aromatic nitrogens is 4. The molecule has 154 valence electrons. The molecule has 2 aromatic heterocycles. The van der Waals surface area contributed by atoms with E-state index >= 15 is 0 Å². The van der Waals surface area contributed by atoms with Crippen molar-refractivity contribution in [1.82, 2.24) is 19.9 Å². The molecule has 0 aliphatic carbocycles. The molecule has 0 radical (unpaired) electrons. The lowest BCUT2D eigenvalue weighted by Gasteiger charge is -2.32. The van der Waals surface area contributed by atoms with E-state index in [9.17, 15) is 0 Å². The second-order valence-electron chi connectivity index (χ2n) is 7.10. The van der Waals surface area contributed by atoms with Crippen molar-refractivity contribution in [2.24, 2.45) is 5.16 Å². The number of hydrogen-bond acceptors (Lipinski definition) is 8. The Morgan fingerprint density at radius 1 is 0.967 bits per heavy atom. The SMILES string of the molecule is CC(=NOc1ncnc(OC2CCN(c3ncccn3)CC2)c1C)c1ccccc1. The van der Waals surface area contributed by atoms with Crippen LogP contribution in [0.4, 0.5) is 5.95 Å². The summed E-state index contributed by atoms with van der Waals surface area (Å²) in [5.74, 6) is 1.68. The number of rotatable bonds is 6. The van der Waals surface area contributed by atoms with Gasteiger partial charge in [-0.25, -0.2) is 15.0 Å². The molecule has 0 saturated carbocycles. The molecule has 1 aliphatic heterocycles. The van der Waals surface area contributed by atoms with Gasteiger partial charge in [0.1, 0.15) is 12.4 Å². The van der Waals surface area contributed by atoms with Gasteiger partial charge in [0.15, 0.2) is 0 Å². The van der Waals surface area contributed by atoms with Crippen LogP contribution in [-0.4, -0.2) is 44.8 Å². The maximum absolute atomic E-state index is 6.16. The highest BCUT2D eigenvalue weighted by Crippen LogP contribution is 2.26. The predicted molar refractivity (Wildman–Crippen MR) is 114 cm³/mol. The first-order valence-electron chi connectivity index (χ1n) is 9.98. The fourth-order valence-corrected chi connectivity index (χ4v) is 3.26. The van der Waals surface area contributed by atoms with Crippen molar-refractivity contribution in [3.8, 4) is 11.8 Å². The summed E-state index contributed by atoms with van der Waals surface area (Å²) in [5.41, 5.74) is 2.50. The molecule has 3 aromatic rings. The molecule has 1 aromatic carbocycles. The predicted octanol–water partition coefficient (Wildman–Crippen LogP) is 3.43. The zero-order chi connectivity index (χ0) is 20.8. The van der Waals surface area contributed by atoms with E-state index in [0.717, 1.165) is 48.7 Å². The Hall–Kier alpha value is -3.55. The molecule has 30 heavy (non-hydrogen) atoms. The Balaban J connectivity index is 1.38. The Kier molecular flexibility index (Phi) is 6.12. The Morgan fingerprint density at radius 3 is 2.40 bits per heavy atom. The Morgan fingerprint density at radius 2 is 1.67 bits per heavy atom. The van der Waals surface area contributed by atoms with Crippen LogP contribution in [-0.2, 0) is 0 Å². The van der Waals surface area contributed by atoms with Gasteiger partial charge < -0.3 is 14.5 Å². The van der Waals surface area contributed by atoms with Gasteiger partial charge in [-0.05, 0) is 25.5 Å². The van der Waals surface area contributed by atoms with E-state index in [4.69, 9.17) is 9.57 Å². The summed E-state index contributed by atoms with van der Waals surface area (Å²) in [6.07, 6.45) is 6.77. The van der Waals surface area contributed by atoms with Crippen molar-refractivity contribution in [1.29, 1.82) is 0 Å². The van der Waals surface area contributed by atoms with Crippen LogP contribution >= 0.6 is 0 Å². The molecule has 0 bridgehead atoms. The lowest BCUT2D eigenvalue weighted by molar-refractivity contribution is 0.160. The van der Waals surface area contributed by atoms with Gasteiger partial charge in [-0.1, -0.05) is 35.5 Å². The molecule has 1 fully saturated rings. The molecule has 0 N–H and O–H groups in total. The molecule has 8 heteroatoms. The van der Waals surface area contributed by atoms with Crippen molar-refractivity contribution in [3.05, 3.63) is 66.2 Å². The van der Waals surface area contributed by atoms with Crippen LogP contribution in [0.25, 0.3) is 0 Å². The van der Waals surface area contributed by atoms with Crippen LogP contribution in [0, 0.1) is 6.92 Å². The Labute approximate surface area is 175 Å². The zero-order valence-corrected chi connectivity index (χ0v) is 17.1. The van der Waals surface area contributed by atoms with Crippen LogP contribution in [0.15, 0.2) is 60.3 Å². The lowest BCUT2D eigenvalue weighted by atomic mass is 10.1. The minimum atomic E-state index is 0.0703. The van der Waals surface area contributed by atoms with Gasteiger partial charge in [-0.3, -0.25) is 0 Å². The fraction of sp³-hybridized carbons (Fsp3) is 0.318. The maximum Gasteiger partial charge on any atom is 0.258 e. The molecule has 0 amide bonds. The zero-order valence-electron chi connectivity index (χ0n) is 17.1. The van der Waals surface area contributed by atoms with Gasteiger partial charge in [0.05, 0.1) is 11.3 Å². The smallest absolute Gasteiger partial charge is 0.258 e. The lowest BCUT2D eigenvalue weighted by Crippen LogP contribution is -2.39. The van der Waals surface area contributed by atoms with Crippen molar-refractivity contribution >= 4 is 11.7 Å². The summed E-state index contributed by atoms with van der Waals surface area (Å²) >= 11 is 0. The fourth-order valence-electron chi connectivity index (χ4n) is 3.26. The van der Waals surface area contributed by atoms with E-state index in [2.05, 4.69) is 30.0 Å². The minimum absolute atomic E-state index is 0.0703. The maximum atomic E-state index is 6.16. The minimum Gasteiger partial charge on any atom is -0.474 e. The standard InChI is InChI=1S/C22H24N6O2/c1-16-20(29-19-9-13-28(14-10-19)22-23-11-6-12-24-22)25-15-26-21(16)30-27-17(2)18-7-4-3-5-8-18/h3-8,11-12,15,19H,9-10,13-14H2,1-2H3. The Bertz CT molecular complexity index is 989. The van der Waals surface area contributed by atoms with Crippen molar-refractivity contribution in [2.75, 3.05) is 18.0 Å². The number of hydrogen-bond donors (Lipinski definition) is 0. The highest BCUT2D eigenvalue weighted by molar-refractivity contribution is 5.98. The van der Waals surface area contributed by atoms with E-state index in [1.54, 1.807) is 12.4 Å². The van der Waals surface area contributed by atoms with Crippen LogP contribution < -0.4 is 14.5 Å². The third-order valence-electron chi connectivity index (χ3n) is 5.01. The molecule has 1 aliphatic rings. The third kappa shape index (κ3) is 4.71. The van der Waals surface area contributed by atoms with Crippen molar-refractivity contribution < 1.29 is 9.57 Å². The first kappa shape index (κ1) is 19.8. The topological polar surface area (TPSA) is 85.6 Å².